The summed E-state index contributed by atoms with van der Waals surface area (Å²) in [6.45, 7) is 9.81. The van der Waals surface area contributed by atoms with E-state index in [1.165, 1.54) is 0 Å². The van der Waals surface area contributed by atoms with E-state index < -0.39 is 0 Å². The van der Waals surface area contributed by atoms with E-state index in [1.54, 1.807) is 12.4 Å². The van der Waals surface area contributed by atoms with Gasteiger partial charge in [-0.1, -0.05) is 5.16 Å². The summed E-state index contributed by atoms with van der Waals surface area (Å²) in [7, 11) is 0. The molecule has 4 rings (SSSR count). The zero-order chi connectivity index (χ0) is 23.8. The first-order chi connectivity index (χ1) is 16.6. The van der Waals surface area contributed by atoms with Crippen molar-refractivity contribution in [2.75, 3.05) is 39.4 Å². The van der Waals surface area contributed by atoms with Gasteiger partial charge in [0.05, 0.1) is 24.5 Å². The number of aromatic nitrogens is 2. The maximum absolute atomic E-state index is 13.4. The minimum Gasteiger partial charge on any atom is -0.489 e. The molecule has 0 radical (unpaired) electrons. The number of aryl methyl sites for hydroxylation is 2. The summed E-state index contributed by atoms with van der Waals surface area (Å²) in [5.41, 5.74) is 3.48. The number of nitrogens with zero attached hydrogens (tertiary/aromatic N) is 4. The van der Waals surface area contributed by atoms with Crippen LogP contribution in [0.25, 0.3) is 0 Å². The van der Waals surface area contributed by atoms with Gasteiger partial charge in [-0.2, -0.15) is 0 Å². The zero-order valence-corrected chi connectivity index (χ0v) is 19.9. The van der Waals surface area contributed by atoms with Crippen LogP contribution >= 0.6 is 0 Å². The first kappa shape index (κ1) is 23.9. The second kappa shape index (κ2) is 11.8. The van der Waals surface area contributed by atoms with Crippen molar-refractivity contribution in [1.82, 2.24) is 19.9 Å². The van der Waals surface area contributed by atoms with Crippen molar-refractivity contribution in [3.63, 3.8) is 0 Å². The van der Waals surface area contributed by atoms with E-state index >= 15 is 0 Å². The van der Waals surface area contributed by atoms with Gasteiger partial charge in [0.1, 0.15) is 18.1 Å². The number of rotatable bonds is 10. The fourth-order valence-corrected chi connectivity index (χ4v) is 4.01. The number of morpholine rings is 1. The van der Waals surface area contributed by atoms with E-state index in [-0.39, 0.29) is 5.91 Å². The predicted molar refractivity (Wildman–Crippen MR) is 128 cm³/mol. The Morgan fingerprint density at radius 1 is 1.09 bits per heavy atom. The van der Waals surface area contributed by atoms with Crippen molar-refractivity contribution in [1.29, 1.82) is 0 Å². The number of benzene rings is 1. The van der Waals surface area contributed by atoms with Crippen molar-refractivity contribution in [2.24, 2.45) is 0 Å². The molecule has 8 nitrogen and oxygen atoms in total. The Hall–Kier alpha value is -3.23. The molecule has 1 saturated heterocycles. The molecule has 1 fully saturated rings. The topological polar surface area (TPSA) is 80.9 Å². The van der Waals surface area contributed by atoms with Gasteiger partial charge >= 0.3 is 0 Å². The van der Waals surface area contributed by atoms with E-state index in [2.05, 4.69) is 15.0 Å². The van der Waals surface area contributed by atoms with Crippen molar-refractivity contribution in [3.8, 4) is 5.75 Å². The second-order valence-corrected chi connectivity index (χ2v) is 8.51. The highest BCUT2D eigenvalue weighted by Gasteiger charge is 2.18. The van der Waals surface area contributed by atoms with Gasteiger partial charge < -0.3 is 18.9 Å². The number of amides is 1. The fourth-order valence-electron chi connectivity index (χ4n) is 4.01. The highest BCUT2D eigenvalue weighted by Crippen LogP contribution is 2.19. The molecule has 180 valence electrons. The highest BCUT2D eigenvalue weighted by atomic mass is 16.5. The molecule has 0 bridgehead atoms. The monoisotopic (exact) mass is 464 g/mol. The van der Waals surface area contributed by atoms with Crippen LogP contribution in [0.15, 0.2) is 53.3 Å². The molecular weight excluding hydrogens is 432 g/mol. The summed E-state index contributed by atoms with van der Waals surface area (Å²) < 4.78 is 16.5. The van der Waals surface area contributed by atoms with Crippen LogP contribution in [0.4, 0.5) is 0 Å². The molecule has 34 heavy (non-hydrogen) atoms. The van der Waals surface area contributed by atoms with Gasteiger partial charge in [-0.3, -0.25) is 14.7 Å². The zero-order valence-electron chi connectivity index (χ0n) is 19.9. The van der Waals surface area contributed by atoms with Gasteiger partial charge in [-0.15, -0.1) is 0 Å². The molecule has 3 aromatic rings. The van der Waals surface area contributed by atoms with Crippen molar-refractivity contribution in [3.05, 3.63) is 76.9 Å². The summed E-state index contributed by atoms with van der Waals surface area (Å²) in [5, 5.41) is 3.96. The Morgan fingerprint density at radius 3 is 2.50 bits per heavy atom. The molecule has 8 heteroatoms. The summed E-state index contributed by atoms with van der Waals surface area (Å²) in [4.78, 5) is 21.8. The standard InChI is InChI=1S/C26H32N4O4/c1-20-25(21(2)34-28-20)19-33-24-6-4-23(5-7-24)26(31)30(18-22-8-10-27-11-9-22)13-3-12-29-14-16-32-17-15-29/h4-11H,3,12-19H2,1-2H3. The van der Waals surface area contributed by atoms with Crippen LogP contribution in [-0.2, 0) is 17.9 Å². The van der Waals surface area contributed by atoms with E-state index in [0.29, 0.717) is 31.0 Å². The van der Waals surface area contributed by atoms with Crippen LogP contribution in [0.1, 0.15) is 39.4 Å². The average molecular weight is 465 g/mol. The van der Waals surface area contributed by atoms with Crippen LogP contribution in [0.3, 0.4) is 0 Å². The molecule has 0 saturated carbocycles. The smallest absolute Gasteiger partial charge is 0.254 e. The summed E-state index contributed by atoms with van der Waals surface area (Å²) in [6.07, 6.45) is 4.43. The summed E-state index contributed by atoms with van der Waals surface area (Å²) >= 11 is 0. The lowest BCUT2D eigenvalue weighted by Crippen LogP contribution is -2.39. The molecule has 0 N–H and O–H groups in total. The number of hydrogen-bond donors (Lipinski definition) is 0. The van der Waals surface area contributed by atoms with Crippen LogP contribution < -0.4 is 4.74 Å². The minimum atomic E-state index is 0.0102. The van der Waals surface area contributed by atoms with Crippen molar-refractivity contribution >= 4 is 5.91 Å². The molecular formula is C26H32N4O4. The van der Waals surface area contributed by atoms with Gasteiger partial charge in [0.25, 0.3) is 5.91 Å². The predicted octanol–water partition coefficient (Wildman–Crippen LogP) is 3.63. The molecule has 0 aliphatic carbocycles. The lowest BCUT2D eigenvalue weighted by atomic mass is 10.1. The average Bonchev–Trinajstić information content (AvgIpc) is 3.20. The Labute approximate surface area is 200 Å². The quantitative estimate of drug-likeness (QED) is 0.453. The molecule has 1 aliphatic heterocycles. The number of carbonyl (C=O) groups excluding carboxylic acids is 1. The van der Waals surface area contributed by atoms with Crippen molar-refractivity contribution in [2.45, 2.75) is 33.4 Å². The molecule has 0 atom stereocenters. The minimum absolute atomic E-state index is 0.0102. The second-order valence-electron chi connectivity index (χ2n) is 8.51. The lowest BCUT2D eigenvalue weighted by Gasteiger charge is -2.28. The van der Waals surface area contributed by atoms with Gasteiger partial charge in [-0.05, 0) is 62.2 Å². The maximum atomic E-state index is 13.4. The molecule has 1 aromatic carbocycles. The third-order valence-electron chi connectivity index (χ3n) is 6.08. The molecule has 0 unspecified atom stereocenters. The summed E-state index contributed by atoms with van der Waals surface area (Å²) in [5.74, 6) is 1.47. The highest BCUT2D eigenvalue weighted by molar-refractivity contribution is 5.94. The molecule has 0 spiro atoms. The SMILES string of the molecule is Cc1noc(C)c1COc1ccc(C(=O)N(CCCN2CCOCC2)Cc2ccncc2)cc1. The largest absolute Gasteiger partial charge is 0.489 e. The molecule has 1 aliphatic rings. The van der Waals surface area contributed by atoms with Crippen LogP contribution in [0.5, 0.6) is 5.75 Å². The first-order valence-electron chi connectivity index (χ1n) is 11.7. The Morgan fingerprint density at radius 2 is 1.82 bits per heavy atom. The maximum Gasteiger partial charge on any atom is 0.254 e. The molecule has 1 amide bonds. The van der Waals surface area contributed by atoms with Crippen LogP contribution in [0, 0.1) is 13.8 Å². The third-order valence-corrected chi connectivity index (χ3v) is 6.08. The number of ether oxygens (including phenoxy) is 2. The molecule has 3 heterocycles. The fraction of sp³-hybridized carbons (Fsp3) is 0.423. The Bertz CT molecular complexity index is 1030. The van der Waals surface area contributed by atoms with Crippen LogP contribution in [0.2, 0.25) is 0 Å². The number of hydrogen-bond acceptors (Lipinski definition) is 7. The normalized spacial score (nSPS) is 14.2. The van der Waals surface area contributed by atoms with Gasteiger partial charge in [-0.25, -0.2) is 0 Å². The van der Waals surface area contributed by atoms with Gasteiger partial charge in [0, 0.05) is 50.7 Å². The van der Waals surface area contributed by atoms with Gasteiger partial charge in [0.15, 0.2) is 0 Å². The molecule has 2 aromatic heterocycles. The lowest BCUT2D eigenvalue weighted by molar-refractivity contribution is 0.0355. The van der Waals surface area contributed by atoms with Gasteiger partial charge in [0.2, 0.25) is 0 Å². The number of carbonyl (C=O) groups is 1. The summed E-state index contributed by atoms with van der Waals surface area (Å²) in [6, 6.07) is 11.2. The first-order valence-corrected chi connectivity index (χ1v) is 11.7. The van der Waals surface area contributed by atoms with E-state index in [0.717, 1.165) is 61.8 Å². The van der Waals surface area contributed by atoms with E-state index in [1.807, 2.05) is 55.1 Å². The van der Waals surface area contributed by atoms with Crippen molar-refractivity contribution < 1.29 is 18.8 Å². The van der Waals surface area contributed by atoms with E-state index in [4.69, 9.17) is 14.0 Å². The van der Waals surface area contributed by atoms with E-state index in [9.17, 15) is 4.79 Å². The number of pyridine rings is 1. The Balaban J connectivity index is 1.38. The third kappa shape index (κ3) is 6.42. The van der Waals surface area contributed by atoms with Crippen LogP contribution in [-0.4, -0.2) is 65.2 Å². The Kier molecular flexibility index (Phi) is 8.27.